The third kappa shape index (κ3) is 4.51. The lowest BCUT2D eigenvalue weighted by Crippen LogP contribution is -2.31. The Labute approximate surface area is 121 Å². The molecule has 0 amide bonds. The molecule has 20 heavy (non-hydrogen) atoms. The quantitative estimate of drug-likeness (QED) is 0.852. The van der Waals surface area contributed by atoms with Gasteiger partial charge in [-0.25, -0.2) is 9.78 Å². The minimum Gasteiger partial charge on any atom is -0.478 e. The second kappa shape index (κ2) is 5.81. The molecule has 1 aromatic rings. The minimum atomic E-state index is -0.922. The Balaban J connectivity index is 3.19. The zero-order valence-corrected chi connectivity index (χ0v) is 13.4. The summed E-state index contributed by atoms with van der Waals surface area (Å²) in [5.41, 5.74) is 0.775. The van der Waals surface area contributed by atoms with Crippen LogP contribution in [-0.2, 0) is 5.41 Å². The zero-order valence-electron chi connectivity index (χ0n) is 13.4. The highest BCUT2D eigenvalue weighted by atomic mass is 16.4. The molecular formula is C16H26N2O2. The van der Waals surface area contributed by atoms with E-state index in [2.05, 4.69) is 31.1 Å². The van der Waals surface area contributed by atoms with Crippen LogP contribution >= 0.6 is 0 Å². The number of anilines is 1. The molecule has 112 valence electrons. The zero-order chi connectivity index (χ0) is 15.6. The van der Waals surface area contributed by atoms with Crippen molar-refractivity contribution in [2.24, 2.45) is 0 Å². The maximum absolute atomic E-state index is 11.3. The van der Waals surface area contributed by atoms with Crippen molar-refractivity contribution in [3.05, 3.63) is 23.4 Å². The smallest absolute Gasteiger partial charge is 0.335 e. The van der Waals surface area contributed by atoms with Crippen LogP contribution in [-0.4, -0.2) is 21.6 Å². The fraction of sp³-hybridized carbons (Fsp3) is 0.625. The van der Waals surface area contributed by atoms with E-state index in [0.717, 1.165) is 18.5 Å². The number of nitrogens with zero attached hydrogens (tertiary/aromatic N) is 1. The molecule has 1 heterocycles. The summed E-state index contributed by atoms with van der Waals surface area (Å²) in [6.45, 7) is 12.4. The summed E-state index contributed by atoms with van der Waals surface area (Å²) < 4.78 is 0. The highest BCUT2D eigenvalue weighted by molar-refractivity contribution is 5.88. The summed E-state index contributed by atoms with van der Waals surface area (Å²) in [7, 11) is 0. The van der Waals surface area contributed by atoms with Crippen LogP contribution in [0.25, 0.3) is 0 Å². The first-order valence-corrected chi connectivity index (χ1v) is 7.09. The molecule has 2 N–H and O–H groups in total. The molecular weight excluding hydrogens is 252 g/mol. The Morgan fingerprint density at radius 3 is 2.30 bits per heavy atom. The molecule has 0 unspecified atom stereocenters. The summed E-state index contributed by atoms with van der Waals surface area (Å²) >= 11 is 0. The highest BCUT2D eigenvalue weighted by Gasteiger charge is 2.22. The number of hydrogen-bond acceptors (Lipinski definition) is 3. The predicted octanol–water partition coefficient (Wildman–Crippen LogP) is 4.07. The van der Waals surface area contributed by atoms with Gasteiger partial charge in [0.25, 0.3) is 0 Å². The Bertz CT molecular complexity index is 488. The van der Waals surface area contributed by atoms with E-state index in [1.165, 1.54) is 0 Å². The first kappa shape index (κ1) is 16.5. The van der Waals surface area contributed by atoms with Crippen molar-refractivity contribution >= 4 is 11.8 Å². The molecule has 0 bridgehead atoms. The Hall–Kier alpha value is -1.58. The topological polar surface area (TPSA) is 62.2 Å². The van der Waals surface area contributed by atoms with Gasteiger partial charge in [-0.05, 0) is 32.4 Å². The van der Waals surface area contributed by atoms with Crippen molar-refractivity contribution in [2.45, 2.75) is 65.3 Å². The van der Waals surface area contributed by atoms with Crippen molar-refractivity contribution in [3.8, 4) is 0 Å². The molecule has 0 radical (unpaired) electrons. The summed E-state index contributed by atoms with van der Waals surface area (Å²) in [5.74, 6) is -0.289. The third-order valence-electron chi connectivity index (χ3n) is 3.18. The van der Waals surface area contributed by atoms with E-state index in [9.17, 15) is 9.90 Å². The van der Waals surface area contributed by atoms with Crippen LogP contribution < -0.4 is 5.32 Å². The molecule has 0 atom stereocenters. The predicted molar refractivity (Wildman–Crippen MR) is 82.5 cm³/mol. The van der Waals surface area contributed by atoms with Gasteiger partial charge in [-0.15, -0.1) is 0 Å². The highest BCUT2D eigenvalue weighted by Crippen LogP contribution is 2.25. The van der Waals surface area contributed by atoms with Crippen LogP contribution in [0.15, 0.2) is 12.1 Å². The first-order chi connectivity index (χ1) is 9.05. The third-order valence-corrected chi connectivity index (χ3v) is 3.18. The van der Waals surface area contributed by atoms with Gasteiger partial charge >= 0.3 is 5.97 Å². The second-order valence-electron chi connectivity index (χ2n) is 6.94. The lowest BCUT2D eigenvalue weighted by Gasteiger charge is -2.28. The summed E-state index contributed by atoms with van der Waals surface area (Å²) in [4.78, 5) is 15.8. The molecule has 0 fully saturated rings. The van der Waals surface area contributed by atoms with E-state index >= 15 is 0 Å². The maximum Gasteiger partial charge on any atom is 0.335 e. The molecule has 0 aliphatic rings. The number of rotatable bonds is 5. The summed E-state index contributed by atoms with van der Waals surface area (Å²) in [6, 6.07) is 3.26. The number of aromatic nitrogens is 1. The van der Waals surface area contributed by atoms with Crippen LogP contribution in [0.5, 0.6) is 0 Å². The molecule has 1 aromatic heterocycles. The number of carboxylic acids is 1. The van der Waals surface area contributed by atoms with E-state index in [1.54, 1.807) is 12.1 Å². The number of nitrogens with one attached hydrogen (secondary N) is 1. The van der Waals surface area contributed by atoms with Gasteiger partial charge in [-0.2, -0.15) is 0 Å². The number of carboxylic acid groups (broad SMARTS) is 1. The van der Waals surface area contributed by atoms with Gasteiger partial charge in [0, 0.05) is 16.6 Å². The van der Waals surface area contributed by atoms with Crippen LogP contribution in [0.3, 0.4) is 0 Å². The molecule has 4 heteroatoms. The van der Waals surface area contributed by atoms with Gasteiger partial charge in [0.2, 0.25) is 0 Å². The molecule has 0 saturated heterocycles. The SMILES string of the molecule is CCCC(C)(C)Nc1cc(C(=O)O)cc(C(C)(C)C)n1. The average molecular weight is 278 g/mol. The summed E-state index contributed by atoms with van der Waals surface area (Å²) in [6.07, 6.45) is 2.06. The standard InChI is InChI=1S/C16H26N2O2/c1-7-8-16(5,6)18-13-10-11(14(19)20)9-12(17-13)15(2,3)4/h9-10H,7-8H2,1-6H3,(H,17,18)(H,19,20). The largest absolute Gasteiger partial charge is 0.478 e. The lowest BCUT2D eigenvalue weighted by atomic mass is 9.90. The van der Waals surface area contributed by atoms with Crippen LogP contribution in [0.4, 0.5) is 5.82 Å². The Morgan fingerprint density at radius 1 is 1.25 bits per heavy atom. The molecule has 1 rings (SSSR count). The molecule has 4 nitrogen and oxygen atoms in total. The maximum atomic E-state index is 11.3. The monoisotopic (exact) mass is 278 g/mol. The van der Waals surface area contributed by atoms with Crippen LogP contribution in [0, 0.1) is 0 Å². The number of pyridine rings is 1. The molecule has 0 aliphatic carbocycles. The fourth-order valence-electron chi connectivity index (χ4n) is 2.14. The molecule has 0 spiro atoms. The summed E-state index contributed by atoms with van der Waals surface area (Å²) in [5, 5.41) is 12.6. The number of hydrogen-bond donors (Lipinski definition) is 2. The fourth-order valence-corrected chi connectivity index (χ4v) is 2.14. The van der Waals surface area contributed by atoms with Crippen LogP contribution in [0.2, 0.25) is 0 Å². The van der Waals surface area contributed by atoms with Gasteiger partial charge < -0.3 is 10.4 Å². The number of carbonyl (C=O) groups is 1. The van der Waals surface area contributed by atoms with Crippen molar-refractivity contribution in [1.29, 1.82) is 0 Å². The number of aromatic carboxylic acids is 1. The van der Waals surface area contributed by atoms with Crippen molar-refractivity contribution in [2.75, 3.05) is 5.32 Å². The van der Waals surface area contributed by atoms with E-state index < -0.39 is 5.97 Å². The van der Waals surface area contributed by atoms with E-state index in [-0.39, 0.29) is 16.5 Å². The Kier molecular flexibility index (Phi) is 4.79. The van der Waals surface area contributed by atoms with Crippen molar-refractivity contribution in [3.63, 3.8) is 0 Å². The minimum absolute atomic E-state index is 0.103. The van der Waals surface area contributed by atoms with Gasteiger partial charge in [0.05, 0.1) is 5.56 Å². The average Bonchev–Trinajstić information content (AvgIpc) is 2.26. The normalized spacial score (nSPS) is 12.3. The van der Waals surface area contributed by atoms with Gasteiger partial charge in [0.1, 0.15) is 5.82 Å². The van der Waals surface area contributed by atoms with Gasteiger partial charge in [-0.3, -0.25) is 0 Å². The van der Waals surface area contributed by atoms with Crippen LogP contribution in [0.1, 0.15) is 70.4 Å². The molecule has 0 aliphatic heterocycles. The van der Waals surface area contributed by atoms with Gasteiger partial charge in [0.15, 0.2) is 0 Å². The van der Waals surface area contributed by atoms with E-state index in [4.69, 9.17) is 0 Å². The Morgan fingerprint density at radius 2 is 1.85 bits per heavy atom. The van der Waals surface area contributed by atoms with E-state index in [1.807, 2.05) is 20.8 Å². The molecule has 0 aromatic carbocycles. The molecule has 0 saturated carbocycles. The lowest BCUT2D eigenvalue weighted by molar-refractivity contribution is 0.0696. The first-order valence-electron chi connectivity index (χ1n) is 7.09. The second-order valence-corrected chi connectivity index (χ2v) is 6.94. The van der Waals surface area contributed by atoms with Gasteiger partial charge in [-0.1, -0.05) is 34.1 Å². The van der Waals surface area contributed by atoms with Crippen molar-refractivity contribution in [1.82, 2.24) is 4.98 Å². The van der Waals surface area contributed by atoms with E-state index in [0.29, 0.717) is 5.82 Å². The van der Waals surface area contributed by atoms with Crippen molar-refractivity contribution < 1.29 is 9.90 Å².